The average molecular weight is 374 g/mol. The maximum atomic E-state index is 12.8. The van der Waals surface area contributed by atoms with Gasteiger partial charge >= 0.3 is 0 Å². The number of likely N-dealkylation sites (N-methyl/N-ethyl adjacent to an activating group) is 1. The number of anilines is 1. The van der Waals surface area contributed by atoms with Gasteiger partial charge in [-0.15, -0.1) is 0 Å². The molecule has 0 spiro atoms. The molecule has 3 aromatic rings. The van der Waals surface area contributed by atoms with Crippen molar-refractivity contribution in [2.45, 2.75) is 25.4 Å². The normalized spacial score (nSPS) is 16.4. The summed E-state index contributed by atoms with van der Waals surface area (Å²) in [6.07, 6.45) is 4.65. The van der Waals surface area contributed by atoms with E-state index in [-0.39, 0.29) is 11.8 Å². The Morgan fingerprint density at radius 3 is 2.71 bits per heavy atom. The predicted molar refractivity (Wildman–Crippen MR) is 107 cm³/mol. The lowest BCUT2D eigenvalue weighted by Gasteiger charge is -2.21. The molecule has 1 atom stereocenters. The Hall–Kier alpha value is -3.41. The van der Waals surface area contributed by atoms with Gasteiger partial charge in [-0.05, 0) is 30.0 Å². The Kier molecular flexibility index (Phi) is 4.93. The third-order valence-corrected chi connectivity index (χ3v) is 5.06. The second-order valence-electron chi connectivity index (χ2n) is 7.01. The first-order valence-electron chi connectivity index (χ1n) is 9.34. The lowest BCUT2D eigenvalue weighted by molar-refractivity contribution is -0.120. The summed E-state index contributed by atoms with van der Waals surface area (Å²) in [7, 11) is 1.75. The Morgan fingerprint density at radius 1 is 1.14 bits per heavy atom. The van der Waals surface area contributed by atoms with Crippen molar-refractivity contribution in [3.05, 3.63) is 83.9 Å². The quantitative estimate of drug-likeness (QED) is 0.763. The van der Waals surface area contributed by atoms with E-state index in [4.69, 9.17) is 0 Å². The number of aromatic nitrogens is 2. The molecule has 2 amide bonds. The van der Waals surface area contributed by atoms with Crippen molar-refractivity contribution in [3.8, 4) is 0 Å². The molecule has 0 aliphatic carbocycles. The molecule has 0 bridgehead atoms. The average Bonchev–Trinajstić information content (AvgIpc) is 3.15. The summed E-state index contributed by atoms with van der Waals surface area (Å²) < 4.78 is 1.86. The standard InChI is InChI=1S/C22H22N4O2/c1-25-20-10-6-5-9-17(20)11-12-18(22(25)28)24-21(27)19-14-26(15-23-19)13-16-7-3-2-4-8-16/h2-10,14-15,18H,11-13H2,1H3,(H,24,27). The Morgan fingerprint density at radius 2 is 1.89 bits per heavy atom. The van der Waals surface area contributed by atoms with Crippen molar-refractivity contribution < 1.29 is 9.59 Å². The second kappa shape index (κ2) is 7.68. The molecule has 2 heterocycles. The molecule has 2 aromatic carbocycles. The van der Waals surface area contributed by atoms with Crippen molar-refractivity contribution in [3.63, 3.8) is 0 Å². The first kappa shape index (κ1) is 18.0. The highest BCUT2D eigenvalue weighted by molar-refractivity contribution is 6.02. The van der Waals surface area contributed by atoms with Crippen LogP contribution >= 0.6 is 0 Å². The maximum Gasteiger partial charge on any atom is 0.272 e. The number of carbonyl (C=O) groups excluding carboxylic acids is 2. The minimum Gasteiger partial charge on any atom is -0.339 e. The fraction of sp³-hybridized carbons (Fsp3) is 0.227. The second-order valence-corrected chi connectivity index (χ2v) is 7.01. The zero-order valence-electron chi connectivity index (χ0n) is 15.7. The third kappa shape index (κ3) is 3.67. The number of nitrogens with zero attached hydrogens (tertiary/aromatic N) is 3. The number of hydrogen-bond donors (Lipinski definition) is 1. The molecule has 28 heavy (non-hydrogen) atoms. The molecule has 6 nitrogen and oxygen atoms in total. The zero-order valence-corrected chi connectivity index (χ0v) is 15.7. The van der Waals surface area contributed by atoms with Gasteiger partial charge in [-0.2, -0.15) is 0 Å². The number of hydrogen-bond acceptors (Lipinski definition) is 3. The van der Waals surface area contributed by atoms with Crippen molar-refractivity contribution in [2.24, 2.45) is 0 Å². The molecule has 1 N–H and O–H groups in total. The SMILES string of the molecule is CN1C(=O)C(NC(=O)c2cn(Cc3ccccc3)cn2)CCc2ccccc21. The summed E-state index contributed by atoms with van der Waals surface area (Å²) >= 11 is 0. The Bertz CT molecular complexity index is 997. The van der Waals surface area contributed by atoms with Crippen LogP contribution in [0.3, 0.4) is 0 Å². The van der Waals surface area contributed by atoms with Gasteiger partial charge in [0.25, 0.3) is 5.91 Å². The van der Waals surface area contributed by atoms with Gasteiger partial charge in [0.1, 0.15) is 11.7 Å². The molecule has 4 rings (SSSR count). The highest BCUT2D eigenvalue weighted by Crippen LogP contribution is 2.25. The number of nitrogens with one attached hydrogen (secondary N) is 1. The van der Waals surface area contributed by atoms with Crippen LogP contribution in [0.1, 0.15) is 28.0 Å². The summed E-state index contributed by atoms with van der Waals surface area (Å²) in [5, 5.41) is 2.86. The Balaban J connectivity index is 1.45. The highest BCUT2D eigenvalue weighted by Gasteiger charge is 2.29. The smallest absolute Gasteiger partial charge is 0.272 e. The van der Waals surface area contributed by atoms with Crippen LogP contribution in [0.25, 0.3) is 0 Å². The molecular weight excluding hydrogens is 352 g/mol. The number of carbonyl (C=O) groups is 2. The van der Waals surface area contributed by atoms with Gasteiger partial charge in [0.05, 0.1) is 6.33 Å². The molecule has 0 saturated carbocycles. The molecule has 1 aliphatic heterocycles. The van der Waals surface area contributed by atoms with E-state index in [0.29, 0.717) is 18.7 Å². The van der Waals surface area contributed by atoms with Crippen LogP contribution in [0.15, 0.2) is 67.1 Å². The van der Waals surface area contributed by atoms with E-state index < -0.39 is 6.04 Å². The monoisotopic (exact) mass is 374 g/mol. The van der Waals surface area contributed by atoms with Gasteiger partial charge in [-0.3, -0.25) is 9.59 Å². The van der Waals surface area contributed by atoms with Crippen LogP contribution in [0, 0.1) is 0 Å². The number of imidazole rings is 1. The third-order valence-electron chi connectivity index (χ3n) is 5.06. The van der Waals surface area contributed by atoms with E-state index in [2.05, 4.69) is 10.3 Å². The van der Waals surface area contributed by atoms with Gasteiger partial charge in [0.15, 0.2) is 0 Å². The number of rotatable bonds is 4. The van der Waals surface area contributed by atoms with Crippen LogP contribution in [-0.4, -0.2) is 34.5 Å². The molecule has 1 unspecified atom stereocenters. The largest absolute Gasteiger partial charge is 0.339 e. The molecule has 1 aliphatic rings. The maximum absolute atomic E-state index is 12.8. The van der Waals surface area contributed by atoms with Gasteiger partial charge < -0.3 is 14.8 Å². The number of benzene rings is 2. The van der Waals surface area contributed by atoms with E-state index in [0.717, 1.165) is 23.2 Å². The first-order chi connectivity index (χ1) is 13.6. The number of para-hydroxylation sites is 1. The lowest BCUT2D eigenvalue weighted by Crippen LogP contribution is -2.46. The van der Waals surface area contributed by atoms with E-state index in [1.165, 1.54) is 0 Å². The predicted octanol–water partition coefficient (Wildman–Crippen LogP) is 2.64. The minimum absolute atomic E-state index is 0.109. The topological polar surface area (TPSA) is 67.2 Å². The van der Waals surface area contributed by atoms with Crippen LogP contribution in [0.2, 0.25) is 0 Å². The van der Waals surface area contributed by atoms with Crippen molar-refractivity contribution in [1.29, 1.82) is 0 Å². The van der Waals surface area contributed by atoms with Gasteiger partial charge in [-0.1, -0.05) is 48.5 Å². The number of aryl methyl sites for hydroxylation is 1. The molecule has 0 radical (unpaired) electrons. The van der Waals surface area contributed by atoms with Gasteiger partial charge in [-0.25, -0.2) is 4.98 Å². The zero-order chi connectivity index (χ0) is 19.5. The van der Waals surface area contributed by atoms with Gasteiger partial charge in [0, 0.05) is 25.5 Å². The van der Waals surface area contributed by atoms with Crippen LogP contribution in [0.4, 0.5) is 5.69 Å². The summed E-state index contributed by atoms with van der Waals surface area (Å²) in [6, 6.07) is 17.2. The van der Waals surface area contributed by atoms with E-state index in [1.807, 2.05) is 59.2 Å². The lowest BCUT2D eigenvalue weighted by atomic mass is 10.1. The summed E-state index contributed by atoms with van der Waals surface area (Å²) in [6.45, 7) is 0.640. The molecule has 142 valence electrons. The van der Waals surface area contributed by atoms with Crippen molar-refractivity contribution in [2.75, 3.05) is 11.9 Å². The van der Waals surface area contributed by atoms with Gasteiger partial charge in [0.2, 0.25) is 5.91 Å². The van der Waals surface area contributed by atoms with Crippen LogP contribution in [-0.2, 0) is 17.8 Å². The number of fused-ring (bicyclic) bond motifs is 1. The summed E-state index contributed by atoms with van der Waals surface area (Å²) in [5.74, 6) is -0.438. The molecule has 6 heteroatoms. The number of amides is 2. The highest BCUT2D eigenvalue weighted by atomic mass is 16.2. The Labute approximate surface area is 163 Å². The molecule has 0 fully saturated rings. The van der Waals surface area contributed by atoms with Crippen molar-refractivity contribution in [1.82, 2.24) is 14.9 Å². The van der Waals surface area contributed by atoms with Crippen LogP contribution < -0.4 is 10.2 Å². The summed E-state index contributed by atoms with van der Waals surface area (Å²) in [4.78, 5) is 31.3. The first-order valence-corrected chi connectivity index (χ1v) is 9.34. The van der Waals surface area contributed by atoms with Crippen molar-refractivity contribution >= 4 is 17.5 Å². The summed E-state index contributed by atoms with van der Waals surface area (Å²) in [5.41, 5.74) is 3.46. The van der Waals surface area contributed by atoms with E-state index in [9.17, 15) is 9.59 Å². The van der Waals surface area contributed by atoms with E-state index >= 15 is 0 Å². The molecule has 1 aromatic heterocycles. The van der Waals surface area contributed by atoms with E-state index in [1.54, 1.807) is 24.5 Å². The molecular formula is C22H22N4O2. The fourth-order valence-corrected chi connectivity index (χ4v) is 3.55. The molecule has 0 saturated heterocycles. The minimum atomic E-state index is -0.566. The fourth-order valence-electron chi connectivity index (χ4n) is 3.55. The van der Waals surface area contributed by atoms with Crippen LogP contribution in [0.5, 0.6) is 0 Å².